The Bertz CT molecular complexity index is 789. The van der Waals surface area contributed by atoms with Gasteiger partial charge in [-0.3, -0.25) is 18.6 Å². The molecule has 0 saturated heterocycles. The number of nitrogens with one attached hydrogen (secondary N) is 1. The summed E-state index contributed by atoms with van der Waals surface area (Å²) in [6, 6.07) is 0. The number of hydrogen-bond donors (Lipinski definition) is 2. The highest BCUT2D eigenvalue weighted by molar-refractivity contribution is 7.47. The predicted molar refractivity (Wildman–Crippen MR) is 178 cm³/mol. The highest BCUT2D eigenvalue weighted by atomic mass is 31.2. The van der Waals surface area contributed by atoms with Crippen molar-refractivity contribution >= 4 is 19.8 Å². The monoisotopic (exact) mass is 645 g/mol. The van der Waals surface area contributed by atoms with Gasteiger partial charge in [-0.15, -0.1) is 0 Å². The SMILES string of the molecule is CCCC/C=C\CCCCCCCC(=O)OCC(COP(=O)(O)OCCNC)OC(=O)CCCCCCC/C=C\CCCC. The molecular formula is C34H64NO8P. The van der Waals surface area contributed by atoms with Crippen molar-refractivity contribution in [3.8, 4) is 0 Å². The lowest BCUT2D eigenvalue weighted by Crippen LogP contribution is -2.29. The maximum Gasteiger partial charge on any atom is 0.472 e. The van der Waals surface area contributed by atoms with Gasteiger partial charge in [-0.2, -0.15) is 0 Å². The van der Waals surface area contributed by atoms with E-state index in [0.717, 1.165) is 83.5 Å². The third-order valence-electron chi connectivity index (χ3n) is 7.04. The molecule has 0 heterocycles. The van der Waals surface area contributed by atoms with E-state index in [1.165, 1.54) is 25.7 Å². The second-order valence-corrected chi connectivity index (χ2v) is 12.8. The summed E-state index contributed by atoms with van der Waals surface area (Å²) in [5.74, 6) is -0.833. The fourth-order valence-corrected chi connectivity index (χ4v) is 5.09. The fourth-order valence-electron chi connectivity index (χ4n) is 4.34. The maximum absolute atomic E-state index is 12.5. The van der Waals surface area contributed by atoms with Crippen LogP contribution >= 0.6 is 7.82 Å². The van der Waals surface area contributed by atoms with Crippen molar-refractivity contribution in [2.24, 2.45) is 0 Å². The average molecular weight is 646 g/mol. The molecule has 0 rings (SSSR count). The molecule has 0 aliphatic rings. The first kappa shape index (κ1) is 42.5. The van der Waals surface area contributed by atoms with E-state index in [1.807, 2.05) is 0 Å². The molecule has 0 aromatic carbocycles. The minimum absolute atomic E-state index is 0.0193. The van der Waals surface area contributed by atoms with Crippen LogP contribution < -0.4 is 5.32 Å². The van der Waals surface area contributed by atoms with Crippen LogP contribution in [0, 0.1) is 0 Å². The van der Waals surface area contributed by atoms with E-state index in [0.29, 0.717) is 13.0 Å². The molecule has 0 bridgehead atoms. The maximum atomic E-state index is 12.5. The van der Waals surface area contributed by atoms with Gasteiger partial charge in [0.1, 0.15) is 6.61 Å². The van der Waals surface area contributed by atoms with Crippen LogP contribution in [0.1, 0.15) is 142 Å². The van der Waals surface area contributed by atoms with Crippen molar-refractivity contribution in [1.29, 1.82) is 0 Å². The molecule has 2 N–H and O–H groups in total. The Labute approximate surface area is 268 Å². The van der Waals surface area contributed by atoms with Crippen LogP contribution in [-0.2, 0) is 32.7 Å². The summed E-state index contributed by atoms with van der Waals surface area (Å²) < 4.78 is 32.9. The van der Waals surface area contributed by atoms with Crippen molar-refractivity contribution in [2.45, 2.75) is 148 Å². The van der Waals surface area contributed by atoms with Gasteiger partial charge in [-0.25, -0.2) is 4.57 Å². The Balaban J connectivity index is 4.38. The van der Waals surface area contributed by atoms with Crippen molar-refractivity contribution in [2.75, 3.05) is 33.4 Å². The number of ether oxygens (including phenoxy) is 2. The minimum Gasteiger partial charge on any atom is -0.462 e. The van der Waals surface area contributed by atoms with Crippen molar-refractivity contribution in [3.05, 3.63) is 24.3 Å². The smallest absolute Gasteiger partial charge is 0.462 e. The zero-order valence-corrected chi connectivity index (χ0v) is 29.0. The van der Waals surface area contributed by atoms with E-state index >= 15 is 0 Å². The molecule has 0 spiro atoms. The summed E-state index contributed by atoms with van der Waals surface area (Å²) >= 11 is 0. The molecule has 0 fully saturated rings. The molecule has 10 heteroatoms. The number of phosphoric ester groups is 1. The van der Waals surface area contributed by atoms with E-state index in [-0.39, 0.29) is 32.0 Å². The average Bonchev–Trinajstić information content (AvgIpc) is 3.00. The molecule has 44 heavy (non-hydrogen) atoms. The predicted octanol–water partition coefficient (Wildman–Crippen LogP) is 8.75. The van der Waals surface area contributed by atoms with Gasteiger partial charge in [0, 0.05) is 19.4 Å². The first-order valence-electron chi connectivity index (χ1n) is 17.3. The van der Waals surface area contributed by atoms with Gasteiger partial charge in [0.25, 0.3) is 0 Å². The molecular weight excluding hydrogens is 581 g/mol. The second-order valence-electron chi connectivity index (χ2n) is 11.3. The molecule has 258 valence electrons. The van der Waals surface area contributed by atoms with Gasteiger partial charge >= 0.3 is 19.8 Å². The summed E-state index contributed by atoms with van der Waals surface area (Å²) in [4.78, 5) is 34.7. The lowest BCUT2D eigenvalue weighted by atomic mass is 10.1. The summed E-state index contributed by atoms with van der Waals surface area (Å²) in [7, 11) is -2.65. The molecule has 2 atom stereocenters. The Morgan fingerprint density at radius 1 is 0.682 bits per heavy atom. The zero-order valence-electron chi connectivity index (χ0n) is 28.1. The second kappa shape index (κ2) is 31.5. The molecule has 0 saturated carbocycles. The summed E-state index contributed by atoms with van der Waals surface area (Å²) in [5, 5.41) is 2.81. The minimum atomic E-state index is -4.34. The molecule has 0 aromatic heterocycles. The van der Waals surface area contributed by atoms with Crippen LogP contribution in [-0.4, -0.2) is 56.3 Å². The highest BCUT2D eigenvalue weighted by Crippen LogP contribution is 2.43. The van der Waals surface area contributed by atoms with E-state index in [1.54, 1.807) is 7.05 Å². The van der Waals surface area contributed by atoms with Crippen LogP contribution in [0.25, 0.3) is 0 Å². The summed E-state index contributed by atoms with van der Waals surface area (Å²) in [6.45, 7) is 4.10. The van der Waals surface area contributed by atoms with Gasteiger partial charge < -0.3 is 19.7 Å². The fraction of sp³-hybridized carbons (Fsp3) is 0.824. The molecule has 0 amide bonds. The third kappa shape index (κ3) is 30.5. The highest BCUT2D eigenvalue weighted by Gasteiger charge is 2.26. The van der Waals surface area contributed by atoms with Crippen LogP contribution in [0.3, 0.4) is 0 Å². The zero-order chi connectivity index (χ0) is 32.6. The van der Waals surface area contributed by atoms with Gasteiger partial charge in [0.2, 0.25) is 0 Å². The van der Waals surface area contributed by atoms with Crippen LogP contribution in [0.2, 0.25) is 0 Å². The largest absolute Gasteiger partial charge is 0.472 e. The van der Waals surface area contributed by atoms with E-state index in [4.69, 9.17) is 18.5 Å². The standard InChI is InChI=1S/C34H64NO8P/c1-4-6-8-10-12-14-16-18-20-22-24-26-33(36)40-30-32(31-42-44(38,39)41-29-28-35-3)43-34(37)27-25-23-21-19-17-15-13-11-9-7-5-2/h10-13,32,35H,4-9,14-31H2,1-3H3,(H,38,39)/b12-10-,13-11-. The Morgan fingerprint density at radius 2 is 1.16 bits per heavy atom. The topological polar surface area (TPSA) is 120 Å². The van der Waals surface area contributed by atoms with Crippen molar-refractivity contribution in [3.63, 3.8) is 0 Å². The number of carbonyl (C=O) groups excluding carboxylic acids is 2. The number of hydrogen-bond acceptors (Lipinski definition) is 8. The number of phosphoric acid groups is 1. The Hall–Kier alpha value is -1.51. The van der Waals surface area contributed by atoms with Gasteiger partial charge in [-0.05, 0) is 58.4 Å². The van der Waals surface area contributed by atoms with Crippen molar-refractivity contribution < 1.29 is 37.6 Å². The van der Waals surface area contributed by atoms with E-state index in [9.17, 15) is 19.0 Å². The summed E-state index contributed by atoms with van der Waals surface area (Å²) in [5.41, 5.74) is 0. The third-order valence-corrected chi connectivity index (χ3v) is 8.03. The number of allylic oxidation sites excluding steroid dienone is 4. The number of rotatable bonds is 32. The molecule has 0 aliphatic heterocycles. The van der Waals surface area contributed by atoms with Gasteiger partial charge in [0.15, 0.2) is 6.10 Å². The molecule has 2 unspecified atom stereocenters. The van der Waals surface area contributed by atoms with E-state index < -0.39 is 26.5 Å². The van der Waals surface area contributed by atoms with Crippen LogP contribution in [0.5, 0.6) is 0 Å². The quantitative estimate of drug-likeness (QED) is 0.0320. The van der Waals surface area contributed by atoms with Gasteiger partial charge in [0.05, 0.1) is 13.2 Å². The number of likely N-dealkylation sites (N-methyl/N-ethyl adjacent to an activating group) is 1. The van der Waals surface area contributed by atoms with Crippen molar-refractivity contribution in [1.82, 2.24) is 5.32 Å². The lowest BCUT2D eigenvalue weighted by molar-refractivity contribution is -0.161. The first-order chi connectivity index (χ1) is 21.3. The Kier molecular flexibility index (Phi) is 30.4. The van der Waals surface area contributed by atoms with E-state index in [2.05, 4.69) is 43.5 Å². The normalized spacial score (nSPS) is 13.8. The van der Waals surface area contributed by atoms with Gasteiger partial charge in [-0.1, -0.05) is 102 Å². The molecule has 0 radical (unpaired) electrons. The number of carbonyl (C=O) groups is 2. The van der Waals surface area contributed by atoms with Crippen LogP contribution in [0.4, 0.5) is 0 Å². The van der Waals surface area contributed by atoms with Crippen LogP contribution in [0.15, 0.2) is 24.3 Å². The summed E-state index contributed by atoms with van der Waals surface area (Å²) in [6.07, 6.45) is 28.0. The number of unbranched alkanes of at least 4 members (excludes halogenated alkanes) is 14. The molecule has 9 nitrogen and oxygen atoms in total. The number of esters is 2. The lowest BCUT2D eigenvalue weighted by Gasteiger charge is -2.20. The molecule has 0 aromatic rings. The first-order valence-corrected chi connectivity index (χ1v) is 18.8. The molecule has 0 aliphatic carbocycles. The Morgan fingerprint density at radius 3 is 1.68 bits per heavy atom.